The number of nitrogens with two attached hydrogens (primary N) is 1. The summed E-state index contributed by atoms with van der Waals surface area (Å²) < 4.78 is 39.8. The van der Waals surface area contributed by atoms with E-state index in [-0.39, 0.29) is 16.3 Å². The van der Waals surface area contributed by atoms with Gasteiger partial charge in [-0.05, 0) is 18.2 Å². The second-order valence-corrected chi connectivity index (χ2v) is 4.24. The largest absolute Gasteiger partial charge is 0.398 e. The second-order valence-electron chi connectivity index (χ2n) is 3.81. The molecule has 2 rings (SSSR count). The Morgan fingerprint density at radius 3 is 2.21 bits per heavy atom. The van der Waals surface area contributed by atoms with Crippen LogP contribution in [0.3, 0.4) is 0 Å². The summed E-state index contributed by atoms with van der Waals surface area (Å²) in [6.07, 6.45) is 0. The van der Waals surface area contributed by atoms with Gasteiger partial charge in [-0.1, -0.05) is 11.6 Å². The number of halogens is 4. The van der Waals surface area contributed by atoms with Crippen LogP contribution in [0.25, 0.3) is 0 Å². The molecule has 0 aliphatic heterocycles. The maximum absolute atomic E-state index is 13.5. The summed E-state index contributed by atoms with van der Waals surface area (Å²) in [4.78, 5) is 12.0. The molecule has 0 atom stereocenters. The van der Waals surface area contributed by atoms with Crippen molar-refractivity contribution in [1.82, 2.24) is 0 Å². The van der Waals surface area contributed by atoms with Crippen molar-refractivity contribution >= 4 is 23.1 Å². The molecule has 0 spiro atoms. The first-order chi connectivity index (χ1) is 8.90. The molecule has 98 valence electrons. The number of carbonyl (C=O) groups is 1. The lowest BCUT2D eigenvalue weighted by Gasteiger charge is -2.07. The highest BCUT2D eigenvalue weighted by Crippen LogP contribution is 2.24. The highest BCUT2D eigenvalue weighted by Gasteiger charge is 2.22. The minimum atomic E-state index is -1.29. The maximum atomic E-state index is 13.5. The highest BCUT2D eigenvalue weighted by molar-refractivity contribution is 6.31. The van der Waals surface area contributed by atoms with Crippen LogP contribution in [0.2, 0.25) is 5.02 Å². The van der Waals surface area contributed by atoms with Crippen LogP contribution >= 0.6 is 11.6 Å². The molecule has 0 fully saturated rings. The van der Waals surface area contributed by atoms with Gasteiger partial charge in [0, 0.05) is 28.4 Å². The SMILES string of the molecule is Nc1ccc(Cl)cc1C(=O)c1c(F)cc(F)cc1F. The summed E-state index contributed by atoms with van der Waals surface area (Å²) in [7, 11) is 0. The van der Waals surface area contributed by atoms with Crippen molar-refractivity contribution in [3.63, 3.8) is 0 Å². The van der Waals surface area contributed by atoms with Gasteiger partial charge in [-0.3, -0.25) is 4.79 Å². The number of ketones is 1. The average molecular weight is 286 g/mol. The Morgan fingerprint density at radius 1 is 1.05 bits per heavy atom. The third-order valence-corrected chi connectivity index (χ3v) is 2.73. The molecular weight excluding hydrogens is 279 g/mol. The van der Waals surface area contributed by atoms with E-state index in [9.17, 15) is 18.0 Å². The Hall–Kier alpha value is -2.01. The molecule has 0 aliphatic rings. The van der Waals surface area contributed by atoms with Crippen molar-refractivity contribution in [3.8, 4) is 0 Å². The van der Waals surface area contributed by atoms with Crippen LogP contribution in [-0.4, -0.2) is 5.78 Å². The van der Waals surface area contributed by atoms with E-state index in [0.29, 0.717) is 12.1 Å². The lowest BCUT2D eigenvalue weighted by molar-refractivity contribution is 0.103. The predicted octanol–water partition coefficient (Wildman–Crippen LogP) is 3.57. The molecule has 0 saturated heterocycles. The fourth-order valence-corrected chi connectivity index (χ4v) is 1.79. The zero-order valence-electron chi connectivity index (χ0n) is 9.38. The maximum Gasteiger partial charge on any atom is 0.201 e. The number of nitrogen functional groups attached to an aromatic ring is 1. The zero-order valence-corrected chi connectivity index (χ0v) is 10.1. The van der Waals surface area contributed by atoms with Gasteiger partial charge in [-0.15, -0.1) is 0 Å². The fourth-order valence-electron chi connectivity index (χ4n) is 1.62. The van der Waals surface area contributed by atoms with Crippen molar-refractivity contribution in [1.29, 1.82) is 0 Å². The molecule has 0 radical (unpaired) electrons. The molecule has 0 heterocycles. The van der Waals surface area contributed by atoms with Crippen LogP contribution in [0.4, 0.5) is 18.9 Å². The second kappa shape index (κ2) is 4.93. The van der Waals surface area contributed by atoms with Gasteiger partial charge < -0.3 is 5.73 Å². The first-order valence-electron chi connectivity index (χ1n) is 5.14. The Bertz CT molecular complexity index is 650. The third kappa shape index (κ3) is 2.56. The molecule has 0 saturated carbocycles. The van der Waals surface area contributed by atoms with Crippen LogP contribution in [0, 0.1) is 17.5 Å². The standard InChI is InChI=1S/C13H7ClF3NO/c14-6-1-2-11(18)8(3-6)13(19)12-9(16)4-7(15)5-10(12)17/h1-5H,18H2. The Balaban J connectivity index is 2.59. The smallest absolute Gasteiger partial charge is 0.201 e. The van der Waals surface area contributed by atoms with Crippen molar-refractivity contribution in [3.05, 3.63) is 63.9 Å². The normalized spacial score (nSPS) is 10.5. The summed E-state index contributed by atoms with van der Waals surface area (Å²) in [6, 6.07) is 4.83. The highest BCUT2D eigenvalue weighted by atomic mass is 35.5. The van der Waals surface area contributed by atoms with Crippen molar-refractivity contribution in [2.45, 2.75) is 0 Å². The lowest BCUT2D eigenvalue weighted by Crippen LogP contribution is -2.10. The molecule has 0 aliphatic carbocycles. The molecule has 6 heteroatoms. The molecule has 0 bridgehead atoms. The van der Waals surface area contributed by atoms with E-state index < -0.39 is 28.8 Å². The molecule has 2 nitrogen and oxygen atoms in total. The summed E-state index contributed by atoms with van der Waals surface area (Å²) in [5.74, 6) is -4.68. The van der Waals surface area contributed by atoms with E-state index in [0.717, 1.165) is 0 Å². The summed E-state index contributed by atoms with van der Waals surface area (Å²) in [6.45, 7) is 0. The number of hydrogen-bond acceptors (Lipinski definition) is 2. The van der Waals surface area contributed by atoms with Gasteiger partial charge in [0.05, 0.1) is 5.56 Å². The first kappa shape index (κ1) is 13.4. The Morgan fingerprint density at radius 2 is 1.63 bits per heavy atom. The van der Waals surface area contributed by atoms with E-state index in [1.165, 1.54) is 18.2 Å². The molecule has 2 aromatic carbocycles. The molecule has 2 N–H and O–H groups in total. The fraction of sp³-hybridized carbons (Fsp3) is 0. The number of rotatable bonds is 2. The number of anilines is 1. The van der Waals surface area contributed by atoms with Crippen LogP contribution in [-0.2, 0) is 0 Å². The molecule has 19 heavy (non-hydrogen) atoms. The Labute approximate surface area is 111 Å². The summed E-state index contributed by atoms with van der Waals surface area (Å²) in [5.41, 5.74) is 4.58. The molecular formula is C13H7ClF3NO. The summed E-state index contributed by atoms with van der Waals surface area (Å²) in [5, 5.41) is 0.195. The van der Waals surface area contributed by atoms with E-state index in [1.54, 1.807) is 0 Å². The minimum absolute atomic E-state index is 0.0255. The Kier molecular flexibility index (Phi) is 3.48. The van der Waals surface area contributed by atoms with Crippen LogP contribution < -0.4 is 5.73 Å². The number of carbonyl (C=O) groups excluding carboxylic acids is 1. The lowest BCUT2D eigenvalue weighted by atomic mass is 10.0. The average Bonchev–Trinajstić information content (AvgIpc) is 2.30. The van der Waals surface area contributed by atoms with Crippen LogP contribution in [0.1, 0.15) is 15.9 Å². The number of hydrogen-bond donors (Lipinski definition) is 1. The van der Waals surface area contributed by atoms with Gasteiger partial charge in [0.1, 0.15) is 17.5 Å². The topological polar surface area (TPSA) is 43.1 Å². The van der Waals surface area contributed by atoms with Gasteiger partial charge in [0.15, 0.2) is 0 Å². The van der Waals surface area contributed by atoms with E-state index >= 15 is 0 Å². The zero-order chi connectivity index (χ0) is 14.2. The van der Waals surface area contributed by atoms with E-state index in [4.69, 9.17) is 17.3 Å². The van der Waals surface area contributed by atoms with Gasteiger partial charge in [0.2, 0.25) is 5.78 Å². The van der Waals surface area contributed by atoms with Crippen molar-refractivity contribution in [2.75, 3.05) is 5.73 Å². The molecule has 0 aromatic heterocycles. The summed E-state index contributed by atoms with van der Waals surface area (Å²) >= 11 is 5.70. The van der Waals surface area contributed by atoms with Crippen LogP contribution in [0.5, 0.6) is 0 Å². The number of benzene rings is 2. The molecule has 0 unspecified atom stereocenters. The first-order valence-corrected chi connectivity index (χ1v) is 5.52. The van der Waals surface area contributed by atoms with Crippen molar-refractivity contribution < 1.29 is 18.0 Å². The van der Waals surface area contributed by atoms with E-state index in [2.05, 4.69) is 0 Å². The third-order valence-electron chi connectivity index (χ3n) is 2.49. The molecule has 0 amide bonds. The van der Waals surface area contributed by atoms with Gasteiger partial charge >= 0.3 is 0 Å². The molecule has 2 aromatic rings. The predicted molar refractivity (Wildman–Crippen MR) is 65.6 cm³/mol. The van der Waals surface area contributed by atoms with Gasteiger partial charge in [-0.25, -0.2) is 13.2 Å². The minimum Gasteiger partial charge on any atom is -0.398 e. The monoisotopic (exact) mass is 285 g/mol. The van der Waals surface area contributed by atoms with Crippen LogP contribution in [0.15, 0.2) is 30.3 Å². The van der Waals surface area contributed by atoms with Gasteiger partial charge in [-0.2, -0.15) is 0 Å². The van der Waals surface area contributed by atoms with Crippen molar-refractivity contribution in [2.24, 2.45) is 0 Å². The van der Waals surface area contributed by atoms with E-state index in [1.807, 2.05) is 0 Å². The van der Waals surface area contributed by atoms with Gasteiger partial charge in [0.25, 0.3) is 0 Å². The quantitative estimate of drug-likeness (QED) is 0.677.